The van der Waals surface area contributed by atoms with E-state index in [1.54, 1.807) is 29.4 Å². The highest BCUT2D eigenvalue weighted by atomic mass is 32.2. The standard InChI is InChI=1S/C18H17F3N4OS/c1-4-27-14-7-8-15(22-10(2)26)24-16(14)17-23-12-9-11(18(19,20)21)5-6-13(12)25(17)3/h5-9H,4H2,1-3H3,(H,22,24,26). The lowest BCUT2D eigenvalue weighted by Crippen LogP contribution is -2.08. The number of rotatable bonds is 4. The second kappa shape index (κ2) is 7.22. The number of aryl methyl sites for hydroxylation is 1. The van der Waals surface area contributed by atoms with Gasteiger partial charge in [-0.15, -0.1) is 11.8 Å². The number of carbonyl (C=O) groups excluding carboxylic acids is 1. The Bertz CT molecular complexity index is 1010. The maximum Gasteiger partial charge on any atom is 0.416 e. The maximum atomic E-state index is 13.0. The third-order valence-electron chi connectivity index (χ3n) is 3.88. The van der Waals surface area contributed by atoms with E-state index in [9.17, 15) is 18.0 Å². The number of nitrogens with one attached hydrogen (secondary N) is 1. The molecule has 2 heterocycles. The summed E-state index contributed by atoms with van der Waals surface area (Å²) in [6.45, 7) is 3.37. The molecule has 0 radical (unpaired) electrons. The first kappa shape index (κ1) is 19.2. The van der Waals surface area contributed by atoms with Crippen molar-refractivity contribution >= 4 is 34.5 Å². The average molecular weight is 394 g/mol. The first-order valence-electron chi connectivity index (χ1n) is 8.16. The molecule has 0 spiro atoms. The van der Waals surface area contributed by atoms with E-state index in [1.165, 1.54) is 13.0 Å². The molecule has 0 aliphatic rings. The number of carbonyl (C=O) groups is 1. The topological polar surface area (TPSA) is 59.8 Å². The lowest BCUT2D eigenvalue weighted by molar-refractivity contribution is -0.137. The summed E-state index contributed by atoms with van der Waals surface area (Å²) in [5, 5.41) is 2.62. The highest BCUT2D eigenvalue weighted by molar-refractivity contribution is 7.99. The minimum absolute atomic E-state index is 0.238. The zero-order valence-electron chi connectivity index (χ0n) is 14.9. The molecule has 5 nitrogen and oxygen atoms in total. The molecule has 0 fully saturated rings. The monoisotopic (exact) mass is 394 g/mol. The molecular weight excluding hydrogens is 377 g/mol. The van der Waals surface area contributed by atoms with Gasteiger partial charge in [0.05, 0.1) is 16.6 Å². The second-order valence-electron chi connectivity index (χ2n) is 5.85. The average Bonchev–Trinajstić information content (AvgIpc) is 2.91. The summed E-state index contributed by atoms with van der Waals surface area (Å²) in [7, 11) is 1.73. The first-order valence-corrected chi connectivity index (χ1v) is 9.14. The Balaban J connectivity index is 2.18. The number of anilines is 1. The predicted molar refractivity (Wildman–Crippen MR) is 99.6 cm³/mol. The van der Waals surface area contributed by atoms with E-state index in [2.05, 4.69) is 15.3 Å². The Kier molecular flexibility index (Phi) is 5.14. The van der Waals surface area contributed by atoms with Gasteiger partial charge in [0.1, 0.15) is 11.5 Å². The van der Waals surface area contributed by atoms with Gasteiger partial charge >= 0.3 is 6.18 Å². The van der Waals surface area contributed by atoms with Crippen LogP contribution in [0.5, 0.6) is 0 Å². The Labute approximate surface area is 158 Å². The SMILES string of the molecule is CCSc1ccc(NC(C)=O)nc1-c1nc2cc(C(F)(F)F)ccc2n1C. The molecular formula is C18H17F3N4OS. The van der Waals surface area contributed by atoms with Crippen LogP contribution < -0.4 is 5.32 Å². The number of halogens is 3. The van der Waals surface area contributed by atoms with E-state index in [1.807, 2.05) is 13.0 Å². The van der Waals surface area contributed by atoms with Crippen LogP contribution in [0.4, 0.5) is 19.0 Å². The van der Waals surface area contributed by atoms with Crippen molar-refractivity contribution < 1.29 is 18.0 Å². The Hall–Kier alpha value is -2.55. The number of nitrogens with zero attached hydrogens (tertiary/aromatic N) is 3. The number of imidazole rings is 1. The summed E-state index contributed by atoms with van der Waals surface area (Å²) in [4.78, 5) is 21.0. The molecule has 0 unspecified atom stereocenters. The molecule has 0 aliphatic carbocycles. The maximum absolute atomic E-state index is 13.0. The molecule has 0 bridgehead atoms. The number of hydrogen-bond acceptors (Lipinski definition) is 4. The molecule has 1 N–H and O–H groups in total. The van der Waals surface area contributed by atoms with Crippen LogP contribution in [0.25, 0.3) is 22.6 Å². The lowest BCUT2D eigenvalue weighted by Gasteiger charge is -2.10. The zero-order chi connectivity index (χ0) is 19.8. The van der Waals surface area contributed by atoms with E-state index in [4.69, 9.17) is 0 Å². The molecule has 0 saturated heterocycles. The summed E-state index contributed by atoms with van der Waals surface area (Å²) >= 11 is 1.54. The van der Waals surface area contributed by atoms with Gasteiger partial charge in [-0.1, -0.05) is 6.92 Å². The minimum Gasteiger partial charge on any atom is -0.326 e. The lowest BCUT2D eigenvalue weighted by atomic mass is 10.2. The van der Waals surface area contributed by atoms with Crippen LogP contribution in [0.15, 0.2) is 35.2 Å². The number of aromatic nitrogens is 3. The van der Waals surface area contributed by atoms with Crippen LogP contribution in [0, 0.1) is 0 Å². The summed E-state index contributed by atoms with van der Waals surface area (Å²) < 4.78 is 40.7. The number of amides is 1. The molecule has 1 amide bonds. The number of hydrogen-bond donors (Lipinski definition) is 1. The third-order valence-corrected chi connectivity index (χ3v) is 4.81. The van der Waals surface area contributed by atoms with Crippen molar-refractivity contribution in [2.45, 2.75) is 24.9 Å². The normalized spacial score (nSPS) is 11.8. The van der Waals surface area contributed by atoms with Crippen molar-refractivity contribution in [1.82, 2.24) is 14.5 Å². The van der Waals surface area contributed by atoms with Crippen molar-refractivity contribution in [3.8, 4) is 11.5 Å². The van der Waals surface area contributed by atoms with Gasteiger partial charge in [-0.05, 0) is 36.1 Å². The van der Waals surface area contributed by atoms with Crippen molar-refractivity contribution in [3.05, 3.63) is 35.9 Å². The highest BCUT2D eigenvalue weighted by Gasteiger charge is 2.31. The Morgan fingerprint density at radius 2 is 1.96 bits per heavy atom. The van der Waals surface area contributed by atoms with E-state index in [-0.39, 0.29) is 11.4 Å². The summed E-state index contributed by atoms with van der Waals surface area (Å²) in [5.74, 6) is 1.33. The smallest absolute Gasteiger partial charge is 0.326 e. The van der Waals surface area contributed by atoms with Crippen molar-refractivity contribution in [2.24, 2.45) is 7.05 Å². The molecule has 0 atom stereocenters. The molecule has 3 aromatic rings. The van der Waals surface area contributed by atoms with E-state index >= 15 is 0 Å². The fourth-order valence-corrected chi connectivity index (χ4v) is 3.47. The largest absolute Gasteiger partial charge is 0.416 e. The fourth-order valence-electron chi connectivity index (χ4n) is 2.72. The molecule has 142 valence electrons. The second-order valence-corrected chi connectivity index (χ2v) is 7.16. The van der Waals surface area contributed by atoms with Gasteiger partial charge in [0, 0.05) is 18.9 Å². The zero-order valence-corrected chi connectivity index (χ0v) is 15.7. The van der Waals surface area contributed by atoms with Crippen molar-refractivity contribution in [3.63, 3.8) is 0 Å². The Morgan fingerprint density at radius 1 is 1.22 bits per heavy atom. The van der Waals surface area contributed by atoms with Crippen LogP contribution in [0.1, 0.15) is 19.4 Å². The van der Waals surface area contributed by atoms with Crippen molar-refractivity contribution in [2.75, 3.05) is 11.1 Å². The fraction of sp³-hybridized carbons (Fsp3) is 0.278. The van der Waals surface area contributed by atoms with E-state index < -0.39 is 11.7 Å². The van der Waals surface area contributed by atoms with Gasteiger partial charge in [0.25, 0.3) is 0 Å². The van der Waals surface area contributed by atoms with Crippen LogP contribution in [0.2, 0.25) is 0 Å². The molecule has 1 aromatic carbocycles. The Morgan fingerprint density at radius 3 is 2.59 bits per heavy atom. The number of pyridine rings is 1. The number of thioether (sulfide) groups is 1. The predicted octanol–water partition coefficient (Wildman–Crippen LogP) is 4.72. The number of benzene rings is 1. The minimum atomic E-state index is -4.43. The van der Waals surface area contributed by atoms with E-state index in [0.29, 0.717) is 22.9 Å². The molecule has 9 heteroatoms. The van der Waals surface area contributed by atoms with Crippen LogP contribution in [0.3, 0.4) is 0 Å². The van der Waals surface area contributed by atoms with Gasteiger partial charge in [-0.2, -0.15) is 13.2 Å². The molecule has 0 saturated carbocycles. The third kappa shape index (κ3) is 3.92. The summed E-state index contributed by atoms with van der Waals surface area (Å²) in [6.07, 6.45) is -4.43. The highest BCUT2D eigenvalue weighted by Crippen LogP contribution is 2.35. The van der Waals surface area contributed by atoms with Crippen LogP contribution >= 0.6 is 11.8 Å². The molecule has 27 heavy (non-hydrogen) atoms. The molecule has 3 rings (SSSR count). The molecule has 2 aromatic heterocycles. The van der Waals surface area contributed by atoms with Gasteiger partial charge in [-0.25, -0.2) is 9.97 Å². The van der Waals surface area contributed by atoms with Gasteiger partial charge in [-0.3, -0.25) is 4.79 Å². The van der Waals surface area contributed by atoms with Crippen molar-refractivity contribution in [1.29, 1.82) is 0 Å². The van der Waals surface area contributed by atoms with Gasteiger partial charge in [0.2, 0.25) is 5.91 Å². The number of fused-ring (bicyclic) bond motifs is 1. The van der Waals surface area contributed by atoms with Crippen LogP contribution in [-0.2, 0) is 18.0 Å². The van der Waals surface area contributed by atoms with Crippen LogP contribution in [-0.4, -0.2) is 26.2 Å². The quantitative estimate of drug-likeness (QED) is 0.650. The van der Waals surface area contributed by atoms with Gasteiger partial charge in [0.15, 0.2) is 5.82 Å². The summed E-state index contributed by atoms with van der Waals surface area (Å²) in [6, 6.07) is 6.98. The van der Waals surface area contributed by atoms with Gasteiger partial charge < -0.3 is 9.88 Å². The van der Waals surface area contributed by atoms with E-state index in [0.717, 1.165) is 22.8 Å². The number of alkyl halides is 3. The molecule has 0 aliphatic heterocycles. The summed E-state index contributed by atoms with van der Waals surface area (Å²) in [5.41, 5.74) is 0.571. The first-order chi connectivity index (χ1) is 12.7.